The molecule has 2 aromatic rings. The number of carbonyl (C=O) groups is 1. The number of ether oxygens (including phenoxy) is 1. The van der Waals surface area contributed by atoms with Crippen molar-refractivity contribution in [1.29, 1.82) is 0 Å². The van der Waals surface area contributed by atoms with Crippen LogP contribution in [-0.4, -0.2) is 23.2 Å². The first-order chi connectivity index (χ1) is 11.8. The van der Waals surface area contributed by atoms with E-state index < -0.39 is 0 Å². The third kappa shape index (κ3) is 4.03. The largest absolute Gasteiger partial charge is 0.378 e. The summed E-state index contributed by atoms with van der Waals surface area (Å²) in [5.41, 5.74) is 2.86. The Morgan fingerprint density at radius 3 is 2.79 bits per heavy atom. The maximum absolute atomic E-state index is 12.9. The first-order valence-corrected chi connectivity index (χ1v) is 8.62. The van der Waals surface area contributed by atoms with Crippen LogP contribution in [0.15, 0.2) is 36.4 Å². The standard InChI is InChI=1S/C19H25N3O2/c1-24-13-17-11-16(21-22-17)12-20-19(23)18(15-9-5-6-10-15)14-7-3-2-4-8-14/h2-4,7-8,11,15,18H,5-6,9-10,12-13H2,1H3,(H,20,23)(H,21,22)/t18-/m0/s1. The molecule has 1 aliphatic carbocycles. The van der Waals surface area contributed by atoms with Gasteiger partial charge in [0, 0.05) is 7.11 Å². The lowest BCUT2D eigenvalue weighted by Crippen LogP contribution is -2.32. The zero-order valence-electron chi connectivity index (χ0n) is 14.1. The number of H-pyrrole nitrogens is 1. The smallest absolute Gasteiger partial charge is 0.228 e. The van der Waals surface area contributed by atoms with Crippen LogP contribution < -0.4 is 5.32 Å². The summed E-state index contributed by atoms with van der Waals surface area (Å²) in [5, 5.41) is 10.2. The van der Waals surface area contributed by atoms with E-state index in [-0.39, 0.29) is 11.8 Å². The molecule has 1 heterocycles. The summed E-state index contributed by atoms with van der Waals surface area (Å²) in [6, 6.07) is 12.1. The van der Waals surface area contributed by atoms with Crippen molar-refractivity contribution in [1.82, 2.24) is 15.5 Å². The average Bonchev–Trinajstić information content (AvgIpc) is 3.27. The summed E-state index contributed by atoms with van der Waals surface area (Å²) < 4.78 is 5.06. The van der Waals surface area contributed by atoms with Crippen LogP contribution in [0.5, 0.6) is 0 Å². The lowest BCUT2D eigenvalue weighted by molar-refractivity contribution is -0.123. The van der Waals surface area contributed by atoms with E-state index in [0.717, 1.165) is 29.8 Å². The van der Waals surface area contributed by atoms with E-state index in [4.69, 9.17) is 4.74 Å². The Morgan fingerprint density at radius 1 is 1.33 bits per heavy atom. The second-order valence-corrected chi connectivity index (χ2v) is 6.47. The molecule has 5 heteroatoms. The summed E-state index contributed by atoms with van der Waals surface area (Å²) in [4.78, 5) is 12.9. The van der Waals surface area contributed by atoms with Crippen LogP contribution in [0.3, 0.4) is 0 Å². The number of rotatable bonds is 7. The number of benzene rings is 1. The van der Waals surface area contributed by atoms with Gasteiger partial charge in [-0.1, -0.05) is 43.2 Å². The molecule has 1 amide bonds. The second-order valence-electron chi connectivity index (χ2n) is 6.47. The number of carbonyl (C=O) groups excluding carboxylic acids is 1. The number of hydrogen-bond acceptors (Lipinski definition) is 3. The fourth-order valence-electron chi connectivity index (χ4n) is 3.60. The van der Waals surface area contributed by atoms with Crippen molar-refractivity contribution in [2.45, 2.75) is 44.8 Å². The van der Waals surface area contributed by atoms with E-state index in [1.54, 1.807) is 7.11 Å². The molecule has 0 bridgehead atoms. The van der Waals surface area contributed by atoms with Crippen LogP contribution in [0, 0.1) is 5.92 Å². The number of aromatic amines is 1. The fourth-order valence-corrected chi connectivity index (χ4v) is 3.60. The number of hydrogen-bond donors (Lipinski definition) is 2. The van der Waals surface area contributed by atoms with E-state index >= 15 is 0 Å². The number of aromatic nitrogens is 2. The first kappa shape index (κ1) is 16.7. The lowest BCUT2D eigenvalue weighted by atomic mass is 9.84. The average molecular weight is 327 g/mol. The van der Waals surface area contributed by atoms with Gasteiger partial charge in [-0.25, -0.2) is 0 Å². The molecule has 128 valence electrons. The summed E-state index contributed by atoms with van der Waals surface area (Å²) in [6.07, 6.45) is 4.72. The van der Waals surface area contributed by atoms with Crippen molar-refractivity contribution < 1.29 is 9.53 Å². The molecule has 1 aliphatic rings. The van der Waals surface area contributed by atoms with Crippen molar-refractivity contribution in [2.24, 2.45) is 5.92 Å². The number of amides is 1. The van der Waals surface area contributed by atoms with Crippen molar-refractivity contribution >= 4 is 5.91 Å². The van der Waals surface area contributed by atoms with Crippen LogP contribution >= 0.6 is 0 Å². The second kappa shape index (κ2) is 8.11. The van der Waals surface area contributed by atoms with Gasteiger partial charge in [-0.3, -0.25) is 9.89 Å². The van der Waals surface area contributed by atoms with Crippen molar-refractivity contribution in [3.05, 3.63) is 53.3 Å². The van der Waals surface area contributed by atoms with Gasteiger partial charge in [-0.15, -0.1) is 0 Å². The highest BCUT2D eigenvalue weighted by Gasteiger charge is 2.31. The van der Waals surface area contributed by atoms with Gasteiger partial charge in [-0.05, 0) is 30.4 Å². The Kier molecular flexibility index (Phi) is 5.64. The minimum absolute atomic E-state index is 0.0601. The highest BCUT2D eigenvalue weighted by molar-refractivity contribution is 5.84. The van der Waals surface area contributed by atoms with Gasteiger partial charge in [0.1, 0.15) is 0 Å². The van der Waals surface area contributed by atoms with Gasteiger partial charge >= 0.3 is 0 Å². The molecule has 1 atom stereocenters. The van der Waals surface area contributed by atoms with Gasteiger partial charge in [0.15, 0.2) is 0 Å². The van der Waals surface area contributed by atoms with Gasteiger partial charge in [0.05, 0.1) is 30.5 Å². The highest BCUT2D eigenvalue weighted by Crippen LogP contribution is 2.37. The molecule has 2 N–H and O–H groups in total. The van der Waals surface area contributed by atoms with Gasteiger partial charge in [0.2, 0.25) is 5.91 Å². The quantitative estimate of drug-likeness (QED) is 0.821. The summed E-state index contributed by atoms with van der Waals surface area (Å²) in [5.74, 6) is 0.490. The Morgan fingerprint density at radius 2 is 2.08 bits per heavy atom. The predicted octanol–water partition coefficient (Wildman–Crippen LogP) is 3.15. The highest BCUT2D eigenvalue weighted by atomic mass is 16.5. The molecule has 24 heavy (non-hydrogen) atoms. The number of nitrogens with one attached hydrogen (secondary N) is 2. The summed E-state index contributed by atoms with van der Waals surface area (Å²) in [7, 11) is 1.64. The van der Waals surface area contributed by atoms with Crippen molar-refractivity contribution in [2.75, 3.05) is 7.11 Å². The van der Waals surface area contributed by atoms with E-state index in [9.17, 15) is 4.79 Å². The lowest BCUT2D eigenvalue weighted by Gasteiger charge is -2.23. The van der Waals surface area contributed by atoms with Crippen LogP contribution in [0.25, 0.3) is 0 Å². The predicted molar refractivity (Wildman–Crippen MR) is 92.3 cm³/mol. The third-order valence-electron chi connectivity index (χ3n) is 4.74. The molecule has 1 fully saturated rings. The Bertz CT molecular complexity index is 648. The van der Waals surface area contributed by atoms with Gasteiger partial charge in [-0.2, -0.15) is 5.10 Å². The van der Waals surface area contributed by atoms with Crippen LogP contribution in [-0.2, 0) is 22.7 Å². The van der Waals surface area contributed by atoms with Crippen molar-refractivity contribution in [3.63, 3.8) is 0 Å². The Labute approximate surface area is 142 Å². The Balaban J connectivity index is 1.66. The number of methoxy groups -OCH3 is 1. The molecule has 1 saturated carbocycles. The Hall–Kier alpha value is -2.14. The van der Waals surface area contributed by atoms with Crippen LogP contribution in [0.1, 0.15) is 48.6 Å². The number of nitrogens with zero attached hydrogens (tertiary/aromatic N) is 1. The van der Waals surface area contributed by atoms with Crippen LogP contribution in [0.4, 0.5) is 0 Å². The molecule has 0 aliphatic heterocycles. The molecule has 0 unspecified atom stereocenters. The zero-order valence-corrected chi connectivity index (χ0v) is 14.1. The van der Waals surface area contributed by atoms with Gasteiger partial charge < -0.3 is 10.1 Å². The molecule has 0 spiro atoms. The van der Waals surface area contributed by atoms with E-state index in [2.05, 4.69) is 27.6 Å². The minimum Gasteiger partial charge on any atom is -0.378 e. The fraction of sp³-hybridized carbons (Fsp3) is 0.474. The molecule has 3 rings (SSSR count). The topological polar surface area (TPSA) is 67.0 Å². The molecular formula is C19H25N3O2. The van der Waals surface area contributed by atoms with E-state index in [1.165, 1.54) is 12.8 Å². The minimum atomic E-state index is -0.0601. The maximum Gasteiger partial charge on any atom is 0.228 e. The SMILES string of the molecule is COCc1cc(CNC(=O)[C@@H](c2ccccc2)C2CCCC2)[nH]n1. The maximum atomic E-state index is 12.9. The molecule has 5 nitrogen and oxygen atoms in total. The monoisotopic (exact) mass is 327 g/mol. The van der Waals surface area contributed by atoms with E-state index in [0.29, 0.717) is 19.1 Å². The molecular weight excluding hydrogens is 302 g/mol. The first-order valence-electron chi connectivity index (χ1n) is 8.62. The summed E-state index contributed by atoms with van der Waals surface area (Å²) >= 11 is 0. The van der Waals surface area contributed by atoms with Crippen molar-refractivity contribution in [3.8, 4) is 0 Å². The molecule has 0 saturated heterocycles. The van der Waals surface area contributed by atoms with Gasteiger partial charge in [0.25, 0.3) is 0 Å². The normalized spacial score (nSPS) is 16.2. The molecule has 0 radical (unpaired) electrons. The van der Waals surface area contributed by atoms with Crippen LogP contribution in [0.2, 0.25) is 0 Å². The summed E-state index contributed by atoms with van der Waals surface area (Å²) in [6.45, 7) is 0.935. The van der Waals surface area contributed by atoms with E-state index in [1.807, 2.05) is 24.3 Å². The zero-order chi connectivity index (χ0) is 16.8. The third-order valence-corrected chi connectivity index (χ3v) is 4.74. The molecule has 1 aromatic carbocycles. The molecule has 1 aromatic heterocycles.